The van der Waals surface area contributed by atoms with Crippen LogP contribution in [0.3, 0.4) is 0 Å². The molecule has 3 unspecified atom stereocenters. The van der Waals surface area contributed by atoms with Gasteiger partial charge in [0.15, 0.2) is 0 Å². The van der Waals surface area contributed by atoms with Gasteiger partial charge in [-0.2, -0.15) is 0 Å². The van der Waals surface area contributed by atoms with Crippen LogP contribution in [0.25, 0.3) is 0 Å². The molecule has 0 bridgehead atoms. The van der Waals surface area contributed by atoms with Crippen LogP contribution < -0.4 is 5.73 Å². The molecule has 130 valence electrons. The topological polar surface area (TPSA) is 55.6 Å². The van der Waals surface area contributed by atoms with Crippen LogP contribution in [0.4, 0.5) is 0 Å². The highest BCUT2D eigenvalue weighted by atomic mass is 79.9. The molecule has 1 amide bonds. The molecule has 1 saturated carbocycles. The average molecular weight is 424 g/mol. The highest BCUT2D eigenvalue weighted by Crippen LogP contribution is 2.57. The van der Waals surface area contributed by atoms with Gasteiger partial charge in [-0.1, -0.05) is 13.8 Å². The highest BCUT2D eigenvalue weighted by Gasteiger charge is 2.70. The summed E-state index contributed by atoms with van der Waals surface area (Å²) in [5.41, 5.74) is 6.65. The van der Waals surface area contributed by atoms with E-state index in [9.17, 15) is 4.79 Å². The van der Waals surface area contributed by atoms with Gasteiger partial charge in [-0.3, -0.25) is 4.79 Å². The zero-order valence-corrected chi connectivity index (χ0v) is 16.9. The molecule has 1 saturated heterocycles. The first kappa shape index (κ1) is 19.2. The van der Waals surface area contributed by atoms with Crippen molar-refractivity contribution in [1.29, 1.82) is 0 Å². The van der Waals surface area contributed by atoms with Gasteiger partial charge in [0.05, 0.1) is 9.89 Å². The van der Waals surface area contributed by atoms with E-state index in [1.165, 1.54) is 0 Å². The number of thiophene rings is 1. The molecule has 1 aliphatic carbocycles. The van der Waals surface area contributed by atoms with Crippen LogP contribution in [-0.4, -0.2) is 36.1 Å². The number of hydrogen-bond donors (Lipinski definition) is 1. The number of nitrogens with zero attached hydrogens (tertiary/aromatic N) is 1. The van der Waals surface area contributed by atoms with Crippen molar-refractivity contribution >= 4 is 45.6 Å². The zero-order chi connectivity index (χ0) is 16.1. The number of carbonyl (C=O) groups excluding carboxylic acids is 1. The normalized spacial score (nSPS) is 31.5. The molecule has 4 nitrogen and oxygen atoms in total. The van der Waals surface area contributed by atoms with E-state index < -0.39 is 5.54 Å². The quantitative estimate of drug-likeness (QED) is 0.810. The molecular weight excluding hydrogens is 400 g/mol. The number of fused-ring (bicyclic) bond motifs is 1. The van der Waals surface area contributed by atoms with Gasteiger partial charge in [0.1, 0.15) is 5.54 Å². The van der Waals surface area contributed by atoms with Gasteiger partial charge in [0.25, 0.3) is 0 Å². The van der Waals surface area contributed by atoms with E-state index in [1.54, 1.807) is 16.2 Å². The summed E-state index contributed by atoms with van der Waals surface area (Å²) >= 11 is 5.09. The maximum atomic E-state index is 13.1. The molecule has 3 rings (SSSR count). The number of ether oxygens (including phenoxy) is 1. The lowest BCUT2D eigenvalue weighted by Crippen LogP contribution is -2.82. The number of rotatable bonds is 3. The van der Waals surface area contributed by atoms with Crippen LogP contribution >= 0.6 is 39.7 Å². The SMILES string of the molecule is CN(Cc1csc(Br)c1)C(=O)C1(N)C2CCCOC2C1(C)C.Cl. The molecule has 1 aliphatic heterocycles. The smallest absolute Gasteiger partial charge is 0.243 e. The Morgan fingerprint density at radius 1 is 1.57 bits per heavy atom. The molecule has 1 aromatic rings. The van der Waals surface area contributed by atoms with Crippen LogP contribution in [0, 0.1) is 11.3 Å². The number of halogens is 2. The first-order chi connectivity index (χ1) is 10.3. The number of nitrogens with two attached hydrogens (primary N) is 1. The third-order valence-corrected chi connectivity index (χ3v) is 6.98. The maximum absolute atomic E-state index is 13.1. The average Bonchev–Trinajstić information content (AvgIpc) is 2.90. The summed E-state index contributed by atoms with van der Waals surface area (Å²) in [6, 6.07) is 2.05. The Kier molecular flexibility index (Phi) is 5.54. The van der Waals surface area contributed by atoms with E-state index in [4.69, 9.17) is 10.5 Å². The molecule has 0 radical (unpaired) electrons. The summed E-state index contributed by atoms with van der Waals surface area (Å²) in [7, 11) is 1.84. The van der Waals surface area contributed by atoms with E-state index >= 15 is 0 Å². The molecule has 3 atom stereocenters. The van der Waals surface area contributed by atoms with Crippen LogP contribution in [0.1, 0.15) is 32.3 Å². The summed E-state index contributed by atoms with van der Waals surface area (Å²) in [4.78, 5) is 14.8. The molecular formula is C16H24BrClN2O2S. The minimum Gasteiger partial charge on any atom is -0.377 e. The van der Waals surface area contributed by atoms with Gasteiger partial charge in [0, 0.05) is 31.5 Å². The second kappa shape index (κ2) is 6.64. The fourth-order valence-corrected chi connectivity index (χ4v) is 5.30. The van der Waals surface area contributed by atoms with Gasteiger partial charge < -0.3 is 15.4 Å². The Hall–Kier alpha value is -0.140. The minimum absolute atomic E-state index is 0. The fraction of sp³-hybridized carbons (Fsp3) is 0.688. The van der Waals surface area contributed by atoms with Crippen molar-refractivity contribution < 1.29 is 9.53 Å². The molecule has 2 N–H and O–H groups in total. The number of likely N-dealkylation sites (N-methyl/N-ethyl adjacent to an activating group) is 1. The lowest BCUT2D eigenvalue weighted by molar-refractivity contribution is -0.229. The van der Waals surface area contributed by atoms with Crippen molar-refractivity contribution in [2.45, 2.75) is 44.9 Å². The van der Waals surface area contributed by atoms with Gasteiger partial charge in [-0.15, -0.1) is 23.7 Å². The molecule has 23 heavy (non-hydrogen) atoms. The Balaban J connectivity index is 0.00000192. The van der Waals surface area contributed by atoms with Gasteiger partial charge >= 0.3 is 0 Å². The van der Waals surface area contributed by atoms with Crippen molar-refractivity contribution in [3.63, 3.8) is 0 Å². The Labute approximate surface area is 156 Å². The predicted molar refractivity (Wildman–Crippen MR) is 98.9 cm³/mol. The van der Waals surface area contributed by atoms with Crippen LogP contribution in [0.15, 0.2) is 15.2 Å². The van der Waals surface area contributed by atoms with E-state index in [1.807, 2.05) is 7.05 Å². The van der Waals surface area contributed by atoms with Crippen molar-refractivity contribution in [3.8, 4) is 0 Å². The summed E-state index contributed by atoms with van der Waals surface area (Å²) in [5.74, 6) is 0.173. The van der Waals surface area contributed by atoms with Gasteiger partial charge in [0.2, 0.25) is 5.91 Å². The first-order valence-electron chi connectivity index (χ1n) is 7.67. The lowest BCUT2D eigenvalue weighted by Gasteiger charge is -2.65. The number of amides is 1. The Bertz CT molecular complexity index is 594. The second-order valence-corrected chi connectivity index (χ2v) is 9.34. The van der Waals surface area contributed by atoms with Crippen molar-refractivity contribution in [2.24, 2.45) is 17.1 Å². The van der Waals surface area contributed by atoms with E-state index in [2.05, 4.69) is 41.2 Å². The molecule has 2 fully saturated rings. The van der Waals surface area contributed by atoms with E-state index in [-0.39, 0.29) is 35.8 Å². The maximum Gasteiger partial charge on any atom is 0.243 e. The summed E-state index contributed by atoms with van der Waals surface area (Å²) < 4.78 is 6.96. The molecule has 0 aromatic carbocycles. The highest BCUT2D eigenvalue weighted by molar-refractivity contribution is 9.11. The third-order valence-electron chi connectivity index (χ3n) is 5.43. The molecule has 7 heteroatoms. The van der Waals surface area contributed by atoms with Crippen LogP contribution in [-0.2, 0) is 16.1 Å². The molecule has 2 heterocycles. The van der Waals surface area contributed by atoms with Gasteiger partial charge in [-0.25, -0.2) is 0 Å². The molecule has 1 aromatic heterocycles. The molecule has 0 spiro atoms. The van der Waals surface area contributed by atoms with Crippen LogP contribution in [0.2, 0.25) is 0 Å². The fourth-order valence-electron chi connectivity index (χ4n) is 4.10. The largest absolute Gasteiger partial charge is 0.377 e. The number of carbonyl (C=O) groups is 1. The zero-order valence-electron chi connectivity index (χ0n) is 13.7. The number of hydrogen-bond acceptors (Lipinski definition) is 4. The predicted octanol–water partition coefficient (Wildman–Crippen LogP) is 3.42. The molecule has 2 aliphatic rings. The standard InChI is InChI=1S/C16H23BrN2O2S.ClH/c1-15(2)13-11(5-4-6-21-13)16(15,18)14(20)19(3)8-10-7-12(17)22-9-10;/h7,9,11,13H,4-6,8,18H2,1-3H3;1H. The second-order valence-electron chi connectivity index (χ2n) is 7.05. The van der Waals surface area contributed by atoms with Crippen LogP contribution in [0.5, 0.6) is 0 Å². The van der Waals surface area contributed by atoms with E-state index in [0.717, 1.165) is 28.8 Å². The first-order valence-corrected chi connectivity index (χ1v) is 9.34. The lowest BCUT2D eigenvalue weighted by atomic mass is 9.46. The Morgan fingerprint density at radius 3 is 2.87 bits per heavy atom. The van der Waals surface area contributed by atoms with E-state index in [0.29, 0.717) is 6.54 Å². The summed E-state index contributed by atoms with van der Waals surface area (Å²) in [6.45, 7) is 5.50. The van der Waals surface area contributed by atoms with Crippen molar-refractivity contribution in [3.05, 3.63) is 20.8 Å². The summed E-state index contributed by atoms with van der Waals surface area (Å²) in [5, 5.41) is 2.06. The van der Waals surface area contributed by atoms with Crippen molar-refractivity contribution in [1.82, 2.24) is 4.90 Å². The minimum atomic E-state index is -0.819. The Morgan fingerprint density at radius 2 is 2.26 bits per heavy atom. The van der Waals surface area contributed by atoms with Gasteiger partial charge in [-0.05, 0) is 45.8 Å². The van der Waals surface area contributed by atoms with Crippen molar-refractivity contribution in [2.75, 3.05) is 13.7 Å². The third kappa shape index (κ3) is 2.86. The summed E-state index contributed by atoms with van der Waals surface area (Å²) in [6.07, 6.45) is 2.08. The monoisotopic (exact) mass is 422 g/mol.